The molecule has 0 fully saturated rings. The second-order valence-corrected chi connectivity index (χ2v) is 4.22. The number of ether oxygens (including phenoxy) is 1. The first-order valence-corrected chi connectivity index (χ1v) is 5.92. The molecule has 0 saturated carbocycles. The third-order valence-electron chi connectivity index (χ3n) is 2.18. The van der Waals surface area contributed by atoms with Crippen molar-refractivity contribution >= 4 is 18.1 Å². The molecule has 0 bridgehead atoms. The van der Waals surface area contributed by atoms with Crippen molar-refractivity contribution in [3.63, 3.8) is 0 Å². The third kappa shape index (κ3) is 6.26. The zero-order valence-electron chi connectivity index (χ0n) is 10.9. The molecule has 0 aliphatic carbocycles. The molecule has 0 aromatic heterocycles. The van der Waals surface area contributed by atoms with Crippen LogP contribution in [0.2, 0.25) is 0 Å². The summed E-state index contributed by atoms with van der Waals surface area (Å²) in [6, 6.07) is 7.20. The van der Waals surface area contributed by atoms with Crippen molar-refractivity contribution in [1.29, 1.82) is 0 Å². The Kier molecular flexibility index (Phi) is 5.60. The Morgan fingerprint density at radius 3 is 2.47 bits per heavy atom. The second-order valence-electron chi connectivity index (χ2n) is 4.22. The lowest BCUT2D eigenvalue weighted by molar-refractivity contribution is -0.131. The molecule has 0 saturated heterocycles. The molecule has 1 amide bonds. The van der Waals surface area contributed by atoms with Gasteiger partial charge in [-0.1, -0.05) is 24.3 Å². The maximum absolute atomic E-state index is 11.3. The molecule has 1 aromatic carbocycles. The maximum atomic E-state index is 11.3. The number of carboxylic acids is 1. The topological polar surface area (TPSA) is 75.6 Å². The molecule has 2 N–H and O–H groups in total. The van der Waals surface area contributed by atoms with E-state index in [4.69, 9.17) is 9.84 Å². The Bertz CT molecular complexity index is 463. The highest BCUT2D eigenvalue weighted by Crippen LogP contribution is 2.06. The van der Waals surface area contributed by atoms with Crippen LogP contribution in [-0.4, -0.2) is 23.3 Å². The fourth-order valence-corrected chi connectivity index (χ4v) is 1.34. The van der Waals surface area contributed by atoms with E-state index in [1.54, 1.807) is 26.0 Å². The van der Waals surface area contributed by atoms with Crippen LogP contribution in [0.1, 0.15) is 25.0 Å². The van der Waals surface area contributed by atoms with Gasteiger partial charge in [0.25, 0.3) is 0 Å². The van der Waals surface area contributed by atoms with Crippen molar-refractivity contribution in [2.45, 2.75) is 26.5 Å². The van der Waals surface area contributed by atoms with E-state index in [0.29, 0.717) is 6.54 Å². The lowest BCUT2D eigenvalue weighted by atomic mass is 10.1. The summed E-state index contributed by atoms with van der Waals surface area (Å²) in [6.07, 6.45) is 1.98. The van der Waals surface area contributed by atoms with Gasteiger partial charge in [0.15, 0.2) is 0 Å². The molecule has 1 aromatic rings. The lowest BCUT2D eigenvalue weighted by Gasteiger charge is -2.09. The van der Waals surface area contributed by atoms with Gasteiger partial charge in [-0.05, 0) is 31.1 Å². The average molecular weight is 263 g/mol. The molecule has 0 atom stereocenters. The fraction of sp³-hybridized carbons (Fsp3) is 0.286. The number of hydrogen-bond donors (Lipinski definition) is 2. The van der Waals surface area contributed by atoms with Crippen LogP contribution in [0.5, 0.6) is 0 Å². The molecule has 0 unspecified atom stereocenters. The Balaban J connectivity index is 2.48. The van der Waals surface area contributed by atoms with Crippen molar-refractivity contribution in [3.8, 4) is 0 Å². The summed E-state index contributed by atoms with van der Waals surface area (Å²) in [5.41, 5.74) is 1.70. The Morgan fingerprint density at radius 2 is 1.95 bits per heavy atom. The van der Waals surface area contributed by atoms with Gasteiger partial charge >= 0.3 is 12.1 Å². The van der Waals surface area contributed by atoms with E-state index in [9.17, 15) is 9.59 Å². The number of aliphatic carboxylic acids is 1. The van der Waals surface area contributed by atoms with E-state index >= 15 is 0 Å². The van der Waals surface area contributed by atoms with E-state index < -0.39 is 12.1 Å². The van der Waals surface area contributed by atoms with Gasteiger partial charge in [0.2, 0.25) is 0 Å². The van der Waals surface area contributed by atoms with Crippen LogP contribution in [0.3, 0.4) is 0 Å². The van der Waals surface area contributed by atoms with Crippen molar-refractivity contribution in [3.05, 3.63) is 41.5 Å². The molecule has 5 nitrogen and oxygen atoms in total. The van der Waals surface area contributed by atoms with Crippen molar-refractivity contribution in [2.75, 3.05) is 0 Å². The van der Waals surface area contributed by atoms with Crippen molar-refractivity contribution in [2.24, 2.45) is 0 Å². The van der Waals surface area contributed by atoms with Crippen molar-refractivity contribution < 1.29 is 19.4 Å². The quantitative estimate of drug-likeness (QED) is 0.800. The number of hydrogen-bond acceptors (Lipinski definition) is 3. The van der Waals surface area contributed by atoms with Gasteiger partial charge in [-0.2, -0.15) is 0 Å². The number of rotatable bonds is 5. The highest BCUT2D eigenvalue weighted by Gasteiger charge is 2.03. The van der Waals surface area contributed by atoms with Crippen LogP contribution in [0, 0.1) is 0 Å². The fourth-order valence-electron chi connectivity index (χ4n) is 1.34. The van der Waals surface area contributed by atoms with E-state index in [-0.39, 0.29) is 6.10 Å². The highest BCUT2D eigenvalue weighted by molar-refractivity contribution is 5.85. The normalized spacial score (nSPS) is 10.7. The first-order chi connectivity index (χ1) is 8.97. The summed E-state index contributed by atoms with van der Waals surface area (Å²) >= 11 is 0. The molecule has 0 aliphatic rings. The van der Waals surface area contributed by atoms with Gasteiger partial charge in [0, 0.05) is 12.6 Å². The molecule has 102 valence electrons. The van der Waals surface area contributed by atoms with Gasteiger partial charge in [0.1, 0.15) is 0 Å². The minimum atomic E-state index is -0.984. The molecule has 0 radical (unpaired) electrons. The van der Waals surface area contributed by atoms with Crippen LogP contribution in [0.4, 0.5) is 4.79 Å². The van der Waals surface area contributed by atoms with Gasteiger partial charge in [-0.3, -0.25) is 0 Å². The summed E-state index contributed by atoms with van der Waals surface area (Å²) in [6.45, 7) is 3.93. The minimum absolute atomic E-state index is 0.150. The maximum Gasteiger partial charge on any atom is 0.407 e. The summed E-state index contributed by atoms with van der Waals surface area (Å²) in [5.74, 6) is -0.984. The second kappa shape index (κ2) is 7.20. The summed E-state index contributed by atoms with van der Waals surface area (Å²) < 4.78 is 4.93. The molecule has 0 aliphatic heterocycles. The van der Waals surface area contributed by atoms with Crippen LogP contribution in [0.15, 0.2) is 30.3 Å². The van der Waals surface area contributed by atoms with Gasteiger partial charge < -0.3 is 15.2 Å². The molecule has 5 heteroatoms. The smallest absolute Gasteiger partial charge is 0.407 e. The minimum Gasteiger partial charge on any atom is -0.478 e. The molecule has 0 heterocycles. The predicted octanol–water partition coefficient (Wildman–Crippen LogP) is 2.42. The molecule has 1 rings (SSSR count). The SMILES string of the molecule is CC(C)OC(=O)NCc1ccc(C=CC(=O)O)cc1. The molecular formula is C14H17NO4. The monoisotopic (exact) mass is 263 g/mol. The van der Waals surface area contributed by atoms with Gasteiger partial charge in [-0.25, -0.2) is 9.59 Å². The number of carboxylic acid groups (broad SMARTS) is 1. The van der Waals surface area contributed by atoms with Crippen LogP contribution in [-0.2, 0) is 16.1 Å². The van der Waals surface area contributed by atoms with Crippen molar-refractivity contribution in [1.82, 2.24) is 5.32 Å². The van der Waals surface area contributed by atoms with E-state index in [0.717, 1.165) is 17.2 Å². The first kappa shape index (κ1) is 14.8. The third-order valence-corrected chi connectivity index (χ3v) is 2.18. The zero-order chi connectivity index (χ0) is 14.3. The Hall–Kier alpha value is -2.30. The van der Waals surface area contributed by atoms with Gasteiger partial charge in [0.05, 0.1) is 6.10 Å². The highest BCUT2D eigenvalue weighted by atomic mass is 16.6. The molecule has 19 heavy (non-hydrogen) atoms. The standard InChI is InChI=1S/C14H17NO4/c1-10(2)19-14(18)15-9-12-5-3-11(4-6-12)7-8-13(16)17/h3-8,10H,9H2,1-2H3,(H,15,18)(H,16,17). The van der Waals surface area contributed by atoms with Gasteiger partial charge in [-0.15, -0.1) is 0 Å². The predicted molar refractivity (Wildman–Crippen MR) is 71.6 cm³/mol. The number of carbonyl (C=O) groups excluding carboxylic acids is 1. The van der Waals surface area contributed by atoms with Crippen LogP contribution in [0.25, 0.3) is 6.08 Å². The van der Waals surface area contributed by atoms with Crippen LogP contribution >= 0.6 is 0 Å². The number of carbonyl (C=O) groups is 2. The number of benzene rings is 1. The Morgan fingerprint density at radius 1 is 1.32 bits per heavy atom. The zero-order valence-corrected chi connectivity index (χ0v) is 10.9. The Labute approximate surface area is 111 Å². The van der Waals surface area contributed by atoms with Crippen LogP contribution < -0.4 is 5.32 Å². The lowest BCUT2D eigenvalue weighted by Crippen LogP contribution is -2.26. The summed E-state index contributed by atoms with van der Waals surface area (Å²) in [4.78, 5) is 21.6. The number of amides is 1. The number of alkyl carbamates (subject to hydrolysis) is 1. The van der Waals surface area contributed by atoms with E-state index in [1.807, 2.05) is 12.1 Å². The average Bonchev–Trinajstić information content (AvgIpc) is 2.34. The molecular weight excluding hydrogens is 246 g/mol. The summed E-state index contributed by atoms with van der Waals surface area (Å²) in [5, 5.41) is 11.1. The molecule has 0 spiro atoms. The number of nitrogens with one attached hydrogen (secondary N) is 1. The summed E-state index contributed by atoms with van der Waals surface area (Å²) in [7, 11) is 0. The first-order valence-electron chi connectivity index (χ1n) is 5.92. The van der Waals surface area contributed by atoms with E-state index in [2.05, 4.69) is 5.32 Å². The van der Waals surface area contributed by atoms with E-state index in [1.165, 1.54) is 6.08 Å². The largest absolute Gasteiger partial charge is 0.478 e.